The fraction of sp³-hybridized carbons (Fsp3) is 0.300. The van der Waals surface area contributed by atoms with E-state index < -0.39 is 0 Å². The summed E-state index contributed by atoms with van der Waals surface area (Å²) < 4.78 is 14.8. The molecule has 80 valence electrons. The molecule has 0 bridgehead atoms. The van der Waals surface area contributed by atoms with Crippen LogP contribution in [0.25, 0.3) is 0 Å². The second kappa shape index (κ2) is 4.86. The molecular weight excluding hydrogens is 235 g/mol. The van der Waals surface area contributed by atoms with Crippen LogP contribution in [0.5, 0.6) is 0 Å². The van der Waals surface area contributed by atoms with Gasteiger partial charge in [-0.15, -0.1) is 0 Å². The number of benzene rings is 1. The molecule has 0 spiro atoms. The fourth-order valence-electron chi connectivity index (χ4n) is 1.25. The van der Waals surface area contributed by atoms with Crippen molar-refractivity contribution in [3.63, 3.8) is 0 Å². The third-order valence-corrected chi connectivity index (χ3v) is 3.46. The Kier molecular flexibility index (Phi) is 3.49. The second-order valence-electron chi connectivity index (χ2n) is 3.17. The molecule has 1 aromatic carbocycles. The number of rotatable bonds is 3. The van der Waals surface area contributed by atoms with Crippen molar-refractivity contribution in [2.75, 3.05) is 13.1 Å². The summed E-state index contributed by atoms with van der Waals surface area (Å²) >= 11 is 7.54. The molecule has 2 nitrogen and oxygen atoms in total. The smallest absolute Gasteiger partial charge is 0.124 e. The van der Waals surface area contributed by atoms with Crippen LogP contribution in [0.2, 0.25) is 5.02 Å². The van der Waals surface area contributed by atoms with Crippen LogP contribution >= 0.6 is 23.5 Å². The van der Waals surface area contributed by atoms with Crippen molar-refractivity contribution in [2.45, 2.75) is 5.75 Å². The van der Waals surface area contributed by atoms with Gasteiger partial charge in [0.15, 0.2) is 0 Å². The molecule has 15 heavy (non-hydrogen) atoms. The molecule has 0 fully saturated rings. The van der Waals surface area contributed by atoms with Crippen molar-refractivity contribution < 1.29 is 4.39 Å². The molecule has 0 saturated carbocycles. The molecule has 0 amide bonds. The fourth-order valence-corrected chi connectivity index (χ4v) is 2.47. The first-order valence-corrected chi connectivity index (χ1v) is 5.91. The molecule has 0 saturated heterocycles. The van der Waals surface area contributed by atoms with E-state index in [2.05, 4.69) is 9.30 Å². The number of hydrogen-bond acceptors (Lipinski definition) is 3. The van der Waals surface area contributed by atoms with E-state index in [1.807, 2.05) is 6.34 Å². The quantitative estimate of drug-likeness (QED) is 0.760. The summed E-state index contributed by atoms with van der Waals surface area (Å²) in [5.74, 6) is 0.446. The van der Waals surface area contributed by atoms with Crippen LogP contribution in [0.1, 0.15) is 5.56 Å². The van der Waals surface area contributed by atoms with Crippen LogP contribution in [-0.4, -0.2) is 23.7 Å². The Hall–Kier alpha value is -0.740. The van der Waals surface area contributed by atoms with Crippen LogP contribution in [0.4, 0.5) is 4.39 Å². The van der Waals surface area contributed by atoms with Gasteiger partial charge in [0.2, 0.25) is 0 Å². The standard InChI is InChI=1S/C10H10ClFN2S/c11-10-5-9(12)2-1-8(10)6-15-14-4-3-13-7-14/h1-2,5,7H,3-4,6H2. The molecule has 1 aliphatic rings. The average Bonchev–Trinajstić information content (AvgIpc) is 2.69. The molecule has 1 aromatic rings. The van der Waals surface area contributed by atoms with Crippen LogP contribution in [0, 0.1) is 5.82 Å². The van der Waals surface area contributed by atoms with Gasteiger partial charge in [0.25, 0.3) is 0 Å². The van der Waals surface area contributed by atoms with Gasteiger partial charge >= 0.3 is 0 Å². The van der Waals surface area contributed by atoms with Gasteiger partial charge in [-0.3, -0.25) is 4.99 Å². The number of hydrogen-bond donors (Lipinski definition) is 0. The summed E-state index contributed by atoms with van der Waals surface area (Å²) in [5, 5.41) is 0.485. The minimum Gasteiger partial charge on any atom is -0.305 e. The zero-order chi connectivity index (χ0) is 10.7. The molecule has 1 heterocycles. The summed E-state index contributed by atoms with van der Waals surface area (Å²) in [6, 6.07) is 4.49. The number of halogens is 2. The van der Waals surface area contributed by atoms with Gasteiger partial charge in [0, 0.05) is 10.8 Å². The second-order valence-corrected chi connectivity index (χ2v) is 4.59. The van der Waals surface area contributed by atoms with Crippen molar-refractivity contribution in [2.24, 2.45) is 4.99 Å². The maximum absolute atomic E-state index is 12.8. The zero-order valence-electron chi connectivity index (χ0n) is 7.99. The van der Waals surface area contributed by atoms with E-state index >= 15 is 0 Å². The molecule has 0 aromatic heterocycles. The Morgan fingerprint density at radius 3 is 3.07 bits per heavy atom. The van der Waals surface area contributed by atoms with Crippen molar-refractivity contribution in [3.05, 3.63) is 34.6 Å². The van der Waals surface area contributed by atoms with Crippen molar-refractivity contribution in [3.8, 4) is 0 Å². The van der Waals surface area contributed by atoms with Gasteiger partial charge in [0.1, 0.15) is 5.82 Å². The molecule has 5 heteroatoms. The molecule has 0 aliphatic carbocycles. The monoisotopic (exact) mass is 244 g/mol. The molecule has 1 aliphatic heterocycles. The molecule has 2 rings (SSSR count). The summed E-state index contributed by atoms with van der Waals surface area (Å²) in [6.45, 7) is 1.79. The SMILES string of the molecule is Fc1ccc(CSN2C=NCC2)c(Cl)c1. The lowest BCUT2D eigenvalue weighted by atomic mass is 10.2. The van der Waals surface area contributed by atoms with Crippen LogP contribution in [-0.2, 0) is 5.75 Å². The summed E-state index contributed by atoms with van der Waals surface area (Å²) in [5.41, 5.74) is 0.948. The predicted molar refractivity (Wildman–Crippen MR) is 62.8 cm³/mol. The first-order valence-electron chi connectivity index (χ1n) is 4.59. The Bertz CT molecular complexity index is 384. The lowest BCUT2D eigenvalue weighted by Crippen LogP contribution is -2.10. The topological polar surface area (TPSA) is 15.6 Å². The third-order valence-electron chi connectivity index (χ3n) is 2.06. The normalized spacial score (nSPS) is 14.9. The van der Waals surface area contributed by atoms with Gasteiger partial charge < -0.3 is 4.31 Å². The van der Waals surface area contributed by atoms with Crippen molar-refractivity contribution >= 4 is 29.9 Å². The minimum atomic E-state index is -0.295. The van der Waals surface area contributed by atoms with Gasteiger partial charge in [-0.25, -0.2) is 4.39 Å². The Morgan fingerprint density at radius 2 is 2.40 bits per heavy atom. The van der Waals surface area contributed by atoms with Gasteiger partial charge in [0.05, 0.1) is 19.4 Å². The van der Waals surface area contributed by atoms with Crippen molar-refractivity contribution in [1.29, 1.82) is 0 Å². The lowest BCUT2D eigenvalue weighted by molar-refractivity contribution is 0.627. The highest BCUT2D eigenvalue weighted by Crippen LogP contribution is 2.24. The first kappa shape index (κ1) is 10.8. The molecule has 0 N–H and O–H groups in total. The van der Waals surface area contributed by atoms with Crippen LogP contribution in [0.3, 0.4) is 0 Å². The summed E-state index contributed by atoms with van der Waals surface area (Å²) in [6.07, 6.45) is 1.82. The highest BCUT2D eigenvalue weighted by atomic mass is 35.5. The maximum atomic E-state index is 12.8. The van der Waals surface area contributed by atoms with E-state index in [0.29, 0.717) is 5.02 Å². The molecule has 0 radical (unpaired) electrons. The molecule has 0 unspecified atom stereocenters. The zero-order valence-corrected chi connectivity index (χ0v) is 9.56. The van der Waals surface area contributed by atoms with Crippen molar-refractivity contribution in [1.82, 2.24) is 4.31 Å². The Morgan fingerprint density at radius 1 is 1.53 bits per heavy atom. The Balaban J connectivity index is 1.95. The maximum Gasteiger partial charge on any atom is 0.124 e. The lowest BCUT2D eigenvalue weighted by Gasteiger charge is -2.12. The van der Waals surface area contributed by atoms with Gasteiger partial charge in [-0.05, 0) is 29.6 Å². The largest absolute Gasteiger partial charge is 0.305 e. The average molecular weight is 245 g/mol. The Labute approximate surface area is 97.3 Å². The van der Waals surface area contributed by atoms with E-state index in [-0.39, 0.29) is 5.82 Å². The van der Waals surface area contributed by atoms with E-state index in [4.69, 9.17) is 11.6 Å². The van der Waals surface area contributed by atoms with E-state index in [1.54, 1.807) is 18.0 Å². The van der Waals surface area contributed by atoms with Gasteiger partial charge in [-0.1, -0.05) is 17.7 Å². The molecule has 0 atom stereocenters. The minimum absolute atomic E-state index is 0.295. The summed E-state index contributed by atoms with van der Waals surface area (Å²) in [4.78, 5) is 4.10. The summed E-state index contributed by atoms with van der Waals surface area (Å²) in [7, 11) is 0. The highest BCUT2D eigenvalue weighted by Gasteiger charge is 2.08. The highest BCUT2D eigenvalue weighted by molar-refractivity contribution is 7.96. The van der Waals surface area contributed by atoms with Crippen LogP contribution < -0.4 is 0 Å². The van der Waals surface area contributed by atoms with E-state index in [1.165, 1.54) is 12.1 Å². The van der Waals surface area contributed by atoms with Gasteiger partial charge in [-0.2, -0.15) is 0 Å². The predicted octanol–water partition coefficient (Wildman–Crippen LogP) is 2.97. The van der Waals surface area contributed by atoms with Crippen LogP contribution in [0.15, 0.2) is 23.2 Å². The number of aliphatic imine (C=N–C) groups is 1. The third kappa shape index (κ3) is 2.86. The molecular formula is C10H10ClFN2S. The first-order chi connectivity index (χ1) is 7.25. The van der Waals surface area contributed by atoms with E-state index in [9.17, 15) is 4.39 Å². The number of nitrogens with zero attached hydrogens (tertiary/aromatic N) is 2. The van der Waals surface area contributed by atoms with E-state index in [0.717, 1.165) is 24.4 Å².